The SMILES string of the molecule is O=C(O)C1C2CCC(NCc3ccc(N4CCCC4)nc3)(C(=O)O)C21. The molecule has 7 heteroatoms. The van der Waals surface area contributed by atoms with E-state index in [0.717, 1.165) is 24.5 Å². The van der Waals surface area contributed by atoms with Gasteiger partial charge in [-0.2, -0.15) is 0 Å². The number of nitrogens with zero attached hydrogens (tertiary/aromatic N) is 2. The first-order valence-corrected chi connectivity index (χ1v) is 8.94. The number of hydrogen-bond donors (Lipinski definition) is 3. The molecule has 7 nitrogen and oxygen atoms in total. The Bertz CT molecular complexity index is 686. The monoisotopic (exact) mass is 345 g/mol. The zero-order valence-corrected chi connectivity index (χ0v) is 14.0. The number of fused-ring (bicyclic) bond motifs is 1. The number of hydrogen-bond acceptors (Lipinski definition) is 5. The van der Waals surface area contributed by atoms with E-state index in [9.17, 15) is 19.8 Å². The van der Waals surface area contributed by atoms with Gasteiger partial charge in [-0.1, -0.05) is 6.07 Å². The average Bonchev–Trinajstić information content (AvgIpc) is 2.96. The first kappa shape index (κ1) is 16.3. The highest BCUT2D eigenvalue weighted by molar-refractivity contribution is 5.85. The third-order valence-electron chi connectivity index (χ3n) is 6.12. The Morgan fingerprint density at radius 2 is 2.04 bits per heavy atom. The molecule has 25 heavy (non-hydrogen) atoms. The molecule has 0 bridgehead atoms. The van der Waals surface area contributed by atoms with Gasteiger partial charge in [-0.3, -0.25) is 14.9 Å². The molecule has 2 heterocycles. The maximum absolute atomic E-state index is 11.9. The van der Waals surface area contributed by atoms with Gasteiger partial charge in [0.1, 0.15) is 11.4 Å². The van der Waals surface area contributed by atoms with Crippen molar-refractivity contribution < 1.29 is 19.8 Å². The van der Waals surface area contributed by atoms with Crippen LogP contribution in [0.4, 0.5) is 5.82 Å². The van der Waals surface area contributed by atoms with Crippen LogP contribution in [0, 0.1) is 17.8 Å². The van der Waals surface area contributed by atoms with Crippen molar-refractivity contribution in [2.24, 2.45) is 17.8 Å². The second kappa shape index (κ2) is 5.98. The highest BCUT2D eigenvalue weighted by Gasteiger charge is 2.71. The number of pyridine rings is 1. The summed E-state index contributed by atoms with van der Waals surface area (Å²) in [6, 6.07) is 3.95. The van der Waals surface area contributed by atoms with Gasteiger partial charge in [0.15, 0.2) is 0 Å². The fraction of sp³-hybridized carbons (Fsp3) is 0.611. The highest BCUT2D eigenvalue weighted by atomic mass is 16.4. The van der Waals surface area contributed by atoms with Crippen LogP contribution in [-0.2, 0) is 16.1 Å². The molecule has 1 aliphatic heterocycles. The molecule has 0 radical (unpaired) electrons. The van der Waals surface area contributed by atoms with Crippen molar-refractivity contribution in [2.45, 2.75) is 37.8 Å². The van der Waals surface area contributed by atoms with Gasteiger partial charge >= 0.3 is 11.9 Å². The van der Waals surface area contributed by atoms with Gasteiger partial charge in [0.25, 0.3) is 0 Å². The number of carboxylic acids is 2. The third kappa shape index (κ3) is 2.66. The van der Waals surface area contributed by atoms with E-state index in [-0.39, 0.29) is 11.8 Å². The zero-order chi connectivity index (χ0) is 17.6. The molecule has 2 aliphatic carbocycles. The van der Waals surface area contributed by atoms with Crippen molar-refractivity contribution in [2.75, 3.05) is 18.0 Å². The number of carbonyl (C=O) groups is 2. The molecule has 1 saturated heterocycles. The molecule has 4 unspecified atom stereocenters. The normalized spacial score (nSPS) is 33.3. The van der Waals surface area contributed by atoms with E-state index in [1.54, 1.807) is 6.20 Å². The minimum absolute atomic E-state index is 0.00299. The Balaban J connectivity index is 1.44. The standard InChI is InChI=1S/C18H23N3O4/c22-16(23)14-12-5-6-18(15(12)14,17(24)25)20-10-11-3-4-13(19-9-11)21-7-1-2-8-21/h3-4,9,12,14-15,20H,1-2,5-8,10H2,(H,22,23)(H,24,25). The first-order chi connectivity index (χ1) is 12.0. The predicted octanol–water partition coefficient (Wildman–Crippen LogP) is 1.34. The molecule has 3 aliphatic rings. The van der Waals surface area contributed by atoms with Crippen LogP contribution in [0.2, 0.25) is 0 Å². The lowest BCUT2D eigenvalue weighted by Gasteiger charge is -2.28. The number of aliphatic carboxylic acids is 2. The highest BCUT2D eigenvalue weighted by Crippen LogP contribution is 2.62. The molecule has 3 fully saturated rings. The van der Waals surface area contributed by atoms with Gasteiger partial charge < -0.3 is 15.1 Å². The Labute approximate surface area is 146 Å². The third-order valence-corrected chi connectivity index (χ3v) is 6.12. The molecule has 0 spiro atoms. The second-order valence-corrected chi connectivity index (χ2v) is 7.44. The maximum Gasteiger partial charge on any atom is 0.324 e. The van der Waals surface area contributed by atoms with E-state index >= 15 is 0 Å². The second-order valence-electron chi connectivity index (χ2n) is 7.44. The number of rotatable bonds is 6. The Hall–Kier alpha value is -2.15. The summed E-state index contributed by atoms with van der Waals surface area (Å²) in [5, 5.41) is 22.2. The molecule has 134 valence electrons. The van der Waals surface area contributed by atoms with Crippen LogP contribution in [-0.4, -0.2) is 45.8 Å². The molecule has 1 aromatic heterocycles. The lowest BCUT2D eigenvalue weighted by Crippen LogP contribution is -2.53. The van der Waals surface area contributed by atoms with Crippen molar-refractivity contribution in [3.8, 4) is 0 Å². The summed E-state index contributed by atoms with van der Waals surface area (Å²) >= 11 is 0. The van der Waals surface area contributed by atoms with E-state index in [4.69, 9.17) is 0 Å². The molecule has 4 atom stereocenters. The molecule has 1 aromatic rings. The van der Waals surface area contributed by atoms with Crippen molar-refractivity contribution in [3.63, 3.8) is 0 Å². The summed E-state index contributed by atoms with van der Waals surface area (Å²) in [7, 11) is 0. The summed E-state index contributed by atoms with van der Waals surface area (Å²) in [5.74, 6) is -1.68. The summed E-state index contributed by atoms with van der Waals surface area (Å²) in [6.07, 6.45) is 5.32. The summed E-state index contributed by atoms with van der Waals surface area (Å²) in [4.78, 5) is 29.9. The van der Waals surface area contributed by atoms with Crippen molar-refractivity contribution in [3.05, 3.63) is 23.9 Å². The summed E-state index contributed by atoms with van der Waals surface area (Å²) < 4.78 is 0. The van der Waals surface area contributed by atoms with Gasteiger partial charge in [-0.25, -0.2) is 4.98 Å². The van der Waals surface area contributed by atoms with Crippen molar-refractivity contribution in [1.82, 2.24) is 10.3 Å². The fourth-order valence-electron chi connectivity index (χ4n) is 4.75. The van der Waals surface area contributed by atoms with Gasteiger partial charge in [-0.15, -0.1) is 0 Å². The van der Waals surface area contributed by atoms with Gasteiger partial charge in [0.05, 0.1) is 5.92 Å². The van der Waals surface area contributed by atoms with E-state index in [0.29, 0.717) is 19.4 Å². The number of carboxylic acid groups (broad SMARTS) is 2. The van der Waals surface area contributed by atoms with Crippen molar-refractivity contribution in [1.29, 1.82) is 0 Å². The topological polar surface area (TPSA) is 103 Å². The molecule has 0 aromatic carbocycles. The van der Waals surface area contributed by atoms with Gasteiger partial charge in [-0.05, 0) is 43.2 Å². The first-order valence-electron chi connectivity index (χ1n) is 8.94. The molecule has 2 saturated carbocycles. The smallest absolute Gasteiger partial charge is 0.324 e. The average molecular weight is 345 g/mol. The van der Waals surface area contributed by atoms with E-state index < -0.39 is 23.4 Å². The largest absolute Gasteiger partial charge is 0.481 e. The Morgan fingerprint density at radius 1 is 1.28 bits per heavy atom. The van der Waals surface area contributed by atoms with E-state index in [2.05, 4.69) is 15.2 Å². The number of aromatic nitrogens is 1. The predicted molar refractivity (Wildman–Crippen MR) is 90.2 cm³/mol. The van der Waals surface area contributed by atoms with E-state index in [1.165, 1.54) is 12.8 Å². The lowest BCUT2D eigenvalue weighted by atomic mass is 9.90. The molecular weight excluding hydrogens is 322 g/mol. The van der Waals surface area contributed by atoms with Crippen LogP contribution in [0.3, 0.4) is 0 Å². The molecule has 0 amide bonds. The molecule has 4 rings (SSSR count). The van der Waals surface area contributed by atoms with Crippen LogP contribution in [0.1, 0.15) is 31.2 Å². The van der Waals surface area contributed by atoms with Gasteiger partial charge in [0.2, 0.25) is 0 Å². The fourth-order valence-corrected chi connectivity index (χ4v) is 4.75. The summed E-state index contributed by atoms with van der Waals surface area (Å²) in [5.41, 5.74) is -0.207. The van der Waals surface area contributed by atoms with E-state index in [1.807, 2.05) is 12.1 Å². The van der Waals surface area contributed by atoms with Crippen LogP contribution < -0.4 is 10.2 Å². The molecule has 3 N–H and O–H groups in total. The van der Waals surface area contributed by atoms with Gasteiger partial charge in [0, 0.05) is 31.7 Å². The van der Waals surface area contributed by atoms with Crippen LogP contribution in [0.15, 0.2) is 18.3 Å². The minimum Gasteiger partial charge on any atom is -0.481 e. The zero-order valence-electron chi connectivity index (χ0n) is 14.0. The quantitative estimate of drug-likeness (QED) is 0.715. The minimum atomic E-state index is -1.12. The summed E-state index contributed by atoms with van der Waals surface area (Å²) in [6.45, 7) is 2.45. The Morgan fingerprint density at radius 3 is 2.60 bits per heavy atom. The number of nitrogens with one attached hydrogen (secondary N) is 1. The number of anilines is 1. The molecular formula is C18H23N3O4. The maximum atomic E-state index is 11.9. The van der Waals surface area contributed by atoms with Crippen LogP contribution in [0.25, 0.3) is 0 Å². The van der Waals surface area contributed by atoms with Crippen LogP contribution in [0.5, 0.6) is 0 Å². The van der Waals surface area contributed by atoms with Crippen molar-refractivity contribution >= 4 is 17.8 Å². The lowest BCUT2D eigenvalue weighted by molar-refractivity contribution is -0.147. The van der Waals surface area contributed by atoms with Crippen LogP contribution >= 0.6 is 0 Å². The Kier molecular flexibility index (Phi) is 3.91.